The number of rotatable bonds is 2. The second-order valence-corrected chi connectivity index (χ2v) is 7.83. The van der Waals surface area contributed by atoms with Crippen molar-refractivity contribution in [3.05, 3.63) is 61.4 Å². The molecule has 24 heavy (non-hydrogen) atoms. The Morgan fingerprint density at radius 1 is 1.29 bits per heavy atom. The van der Waals surface area contributed by atoms with Crippen LogP contribution in [0.25, 0.3) is 0 Å². The number of halogens is 2. The van der Waals surface area contributed by atoms with E-state index in [1.54, 1.807) is 24.4 Å². The molecule has 3 atom stereocenters. The van der Waals surface area contributed by atoms with Crippen LogP contribution in [0.5, 0.6) is 0 Å². The van der Waals surface area contributed by atoms with E-state index in [0.29, 0.717) is 10.9 Å². The van der Waals surface area contributed by atoms with E-state index >= 15 is 0 Å². The number of amides is 1. The Kier molecular flexibility index (Phi) is 4.01. The van der Waals surface area contributed by atoms with Gasteiger partial charge in [-0.05, 0) is 76.4 Å². The highest BCUT2D eigenvalue weighted by Crippen LogP contribution is 2.50. The molecule has 2 bridgehead atoms. The Labute approximate surface area is 152 Å². The van der Waals surface area contributed by atoms with Gasteiger partial charge < -0.3 is 10.3 Å². The standard InChI is InChI=1S/C18H16BrClN2O2/c19-14-7-11(2-4-15(14)20)22-18(24)17-9-1-3-12(17)13-8-21-16(23)6-10(13)5-9/h2,4,6-9,12,17H,1,3,5H2,(H,21,23)(H,22,24)/t9-,12-,17?/m0/s1. The third kappa shape index (κ3) is 2.70. The Hall–Kier alpha value is -1.59. The normalized spacial score (nSPS) is 24.5. The number of nitrogens with one attached hydrogen (secondary N) is 2. The molecule has 4 nitrogen and oxygen atoms in total. The van der Waals surface area contributed by atoms with Crippen LogP contribution in [-0.4, -0.2) is 10.9 Å². The van der Waals surface area contributed by atoms with Crippen LogP contribution >= 0.6 is 27.5 Å². The van der Waals surface area contributed by atoms with E-state index in [1.165, 1.54) is 0 Å². The van der Waals surface area contributed by atoms with Gasteiger partial charge in [0.05, 0.1) is 5.02 Å². The number of pyridine rings is 1. The van der Waals surface area contributed by atoms with Gasteiger partial charge in [-0.1, -0.05) is 11.6 Å². The summed E-state index contributed by atoms with van der Waals surface area (Å²) in [5, 5.41) is 3.64. The van der Waals surface area contributed by atoms with Gasteiger partial charge >= 0.3 is 0 Å². The summed E-state index contributed by atoms with van der Waals surface area (Å²) < 4.78 is 0.761. The van der Waals surface area contributed by atoms with Crippen molar-refractivity contribution >= 4 is 39.1 Å². The van der Waals surface area contributed by atoms with Crippen LogP contribution in [-0.2, 0) is 11.2 Å². The van der Waals surface area contributed by atoms with Gasteiger partial charge in [-0.3, -0.25) is 9.59 Å². The van der Waals surface area contributed by atoms with E-state index in [4.69, 9.17) is 11.6 Å². The fraction of sp³-hybridized carbons (Fsp3) is 0.333. The number of anilines is 1. The van der Waals surface area contributed by atoms with Crippen LogP contribution < -0.4 is 10.9 Å². The maximum Gasteiger partial charge on any atom is 0.248 e. The van der Waals surface area contributed by atoms with E-state index in [-0.39, 0.29) is 23.3 Å². The number of aromatic amines is 1. The fourth-order valence-corrected chi connectivity index (χ4v) is 4.68. The molecule has 2 aromatic rings. The quantitative estimate of drug-likeness (QED) is 0.787. The van der Waals surface area contributed by atoms with Gasteiger partial charge in [0.1, 0.15) is 0 Å². The molecule has 0 radical (unpaired) electrons. The number of benzene rings is 1. The van der Waals surface area contributed by atoms with E-state index in [2.05, 4.69) is 26.2 Å². The summed E-state index contributed by atoms with van der Waals surface area (Å²) in [5.41, 5.74) is 2.90. The molecule has 124 valence electrons. The van der Waals surface area contributed by atoms with Crippen LogP contribution in [0, 0.1) is 11.8 Å². The summed E-state index contributed by atoms with van der Waals surface area (Å²) in [5.74, 6) is 0.498. The summed E-state index contributed by atoms with van der Waals surface area (Å²) in [6, 6.07) is 7.07. The van der Waals surface area contributed by atoms with E-state index in [0.717, 1.165) is 40.5 Å². The van der Waals surface area contributed by atoms with Gasteiger partial charge in [-0.15, -0.1) is 0 Å². The lowest BCUT2D eigenvalue weighted by molar-refractivity contribution is -0.121. The average molecular weight is 408 g/mol. The first-order valence-corrected chi connectivity index (χ1v) is 9.17. The lowest BCUT2D eigenvalue weighted by Crippen LogP contribution is -2.34. The molecule has 4 rings (SSSR count). The molecule has 0 saturated heterocycles. The van der Waals surface area contributed by atoms with Crippen LogP contribution in [0.4, 0.5) is 5.69 Å². The largest absolute Gasteiger partial charge is 0.329 e. The molecular weight excluding hydrogens is 392 g/mol. The molecule has 2 N–H and O–H groups in total. The van der Waals surface area contributed by atoms with Crippen molar-refractivity contribution in [3.63, 3.8) is 0 Å². The van der Waals surface area contributed by atoms with E-state index in [1.807, 2.05) is 6.07 Å². The second-order valence-electron chi connectivity index (χ2n) is 6.57. The average Bonchev–Trinajstić information content (AvgIpc) is 2.86. The van der Waals surface area contributed by atoms with Crippen LogP contribution in [0.15, 0.2) is 39.7 Å². The number of aromatic nitrogens is 1. The second kappa shape index (κ2) is 6.05. The third-order valence-electron chi connectivity index (χ3n) is 5.21. The van der Waals surface area contributed by atoms with Crippen molar-refractivity contribution in [2.24, 2.45) is 11.8 Å². The summed E-state index contributed by atoms with van der Waals surface area (Å²) in [6.07, 6.45) is 4.61. The van der Waals surface area contributed by atoms with Gasteiger partial charge in [0.25, 0.3) is 0 Å². The summed E-state index contributed by atoms with van der Waals surface area (Å²) in [6.45, 7) is 0. The van der Waals surface area contributed by atoms with E-state index < -0.39 is 0 Å². The van der Waals surface area contributed by atoms with Crippen LogP contribution in [0.2, 0.25) is 5.02 Å². The molecule has 1 amide bonds. The molecule has 1 saturated carbocycles. The Morgan fingerprint density at radius 3 is 2.92 bits per heavy atom. The predicted molar refractivity (Wildman–Crippen MR) is 97.5 cm³/mol. The smallest absolute Gasteiger partial charge is 0.248 e. The zero-order valence-corrected chi connectivity index (χ0v) is 15.2. The lowest BCUT2D eigenvalue weighted by atomic mass is 9.75. The minimum Gasteiger partial charge on any atom is -0.329 e. The number of hydrogen-bond donors (Lipinski definition) is 2. The zero-order valence-electron chi connectivity index (χ0n) is 12.8. The SMILES string of the molecule is O=C(Nc1ccc(Cl)c(Br)c1)C1[C@H]2CC[C@H]1c1c[nH]c(=O)cc1C2. The molecular formula is C18H16BrClN2O2. The van der Waals surface area contributed by atoms with Gasteiger partial charge in [-0.25, -0.2) is 0 Å². The third-order valence-corrected chi connectivity index (χ3v) is 6.42. The van der Waals surface area contributed by atoms with Crippen molar-refractivity contribution < 1.29 is 4.79 Å². The molecule has 1 aromatic carbocycles. The van der Waals surface area contributed by atoms with Crippen molar-refractivity contribution in [2.45, 2.75) is 25.2 Å². The summed E-state index contributed by atoms with van der Waals surface area (Å²) >= 11 is 9.38. The van der Waals surface area contributed by atoms with Crippen molar-refractivity contribution in [3.8, 4) is 0 Å². The molecule has 0 aliphatic heterocycles. The highest BCUT2D eigenvalue weighted by Gasteiger charge is 2.45. The Morgan fingerprint density at radius 2 is 2.12 bits per heavy atom. The fourth-order valence-electron chi connectivity index (χ4n) is 4.18. The molecule has 2 aliphatic carbocycles. The number of H-pyrrole nitrogens is 1. The maximum absolute atomic E-state index is 12.9. The molecule has 1 unspecified atom stereocenters. The Bertz CT molecular complexity index is 880. The highest BCUT2D eigenvalue weighted by atomic mass is 79.9. The van der Waals surface area contributed by atoms with Crippen LogP contribution in [0.3, 0.4) is 0 Å². The predicted octanol–water partition coefficient (Wildman–Crippen LogP) is 4.10. The van der Waals surface area contributed by atoms with Crippen molar-refractivity contribution in [2.75, 3.05) is 5.32 Å². The minimum atomic E-state index is -0.0675. The zero-order chi connectivity index (χ0) is 16.8. The first kappa shape index (κ1) is 15.9. The molecule has 1 fully saturated rings. The highest BCUT2D eigenvalue weighted by molar-refractivity contribution is 9.10. The van der Waals surface area contributed by atoms with Crippen molar-refractivity contribution in [1.82, 2.24) is 4.98 Å². The van der Waals surface area contributed by atoms with Crippen LogP contribution in [0.1, 0.15) is 29.9 Å². The van der Waals surface area contributed by atoms with Gasteiger partial charge in [0.2, 0.25) is 11.5 Å². The number of hydrogen-bond acceptors (Lipinski definition) is 2. The summed E-state index contributed by atoms with van der Waals surface area (Å²) in [7, 11) is 0. The molecule has 1 aromatic heterocycles. The van der Waals surface area contributed by atoms with E-state index in [9.17, 15) is 9.59 Å². The first-order valence-electron chi connectivity index (χ1n) is 8.00. The van der Waals surface area contributed by atoms with Gasteiger partial charge in [0.15, 0.2) is 0 Å². The topological polar surface area (TPSA) is 62.0 Å². The molecule has 6 heteroatoms. The monoisotopic (exact) mass is 406 g/mol. The lowest BCUT2D eigenvalue weighted by Gasteiger charge is -2.31. The summed E-state index contributed by atoms with van der Waals surface area (Å²) in [4.78, 5) is 27.2. The number of carbonyl (C=O) groups excluding carboxylic acids is 1. The molecule has 1 heterocycles. The van der Waals surface area contributed by atoms with Crippen molar-refractivity contribution in [1.29, 1.82) is 0 Å². The van der Waals surface area contributed by atoms with Gasteiger partial charge in [-0.2, -0.15) is 0 Å². The molecule has 2 aliphatic rings. The number of fused-ring (bicyclic) bond motifs is 4. The van der Waals surface area contributed by atoms with Gasteiger partial charge in [0, 0.05) is 28.3 Å². The first-order chi connectivity index (χ1) is 11.5. The molecule has 0 spiro atoms. The Balaban J connectivity index is 1.60. The number of carbonyl (C=O) groups is 1. The minimum absolute atomic E-state index is 0.0437. The maximum atomic E-state index is 12.9.